The number of nitrogens with zero attached hydrogens (tertiary/aromatic N) is 5. The van der Waals surface area contributed by atoms with E-state index in [1.165, 1.54) is 12.0 Å². The van der Waals surface area contributed by atoms with Crippen LogP contribution in [0.4, 0.5) is 0 Å². The molecule has 1 aromatic heterocycles. The lowest BCUT2D eigenvalue weighted by atomic mass is 10.0. The number of hydrogen-bond donors (Lipinski definition) is 0. The Balaban J connectivity index is 2.25. The van der Waals surface area contributed by atoms with Gasteiger partial charge in [0.25, 0.3) is 0 Å². The minimum Gasteiger partial charge on any atom is -0.495 e. The topological polar surface area (TPSA) is 73.1 Å². The zero-order chi connectivity index (χ0) is 19.6. The second kappa shape index (κ2) is 7.94. The van der Waals surface area contributed by atoms with Gasteiger partial charge in [-0.15, -0.1) is 5.10 Å². The highest BCUT2D eigenvalue weighted by Gasteiger charge is 2.30. The Labute approximate surface area is 166 Å². The maximum atomic E-state index is 11.6. The van der Waals surface area contributed by atoms with Gasteiger partial charge in [0, 0.05) is 17.6 Å². The molecule has 3 aromatic rings. The van der Waals surface area contributed by atoms with E-state index in [2.05, 4.69) is 15.5 Å². The fourth-order valence-electron chi connectivity index (χ4n) is 2.94. The average Bonchev–Trinajstić information content (AvgIpc) is 3.11. The van der Waals surface area contributed by atoms with E-state index in [-0.39, 0.29) is 0 Å². The van der Waals surface area contributed by atoms with E-state index in [0.717, 1.165) is 11.3 Å². The predicted octanol–water partition coefficient (Wildman–Crippen LogP) is 3.46. The highest BCUT2D eigenvalue weighted by atomic mass is 35.5. The van der Waals surface area contributed by atoms with Crippen molar-refractivity contribution in [1.82, 2.24) is 25.1 Å². The van der Waals surface area contributed by atoms with Crippen LogP contribution in [0.3, 0.4) is 0 Å². The summed E-state index contributed by atoms with van der Waals surface area (Å²) < 4.78 is 7.05. The van der Waals surface area contributed by atoms with E-state index in [1.807, 2.05) is 31.2 Å². The van der Waals surface area contributed by atoms with Crippen LogP contribution in [0.1, 0.15) is 23.0 Å². The fourth-order valence-corrected chi connectivity index (χ4v) is 3.52. The first kappa shape index (κ1) is 19.1. The van der Waals surface area contributed by atoms with Crippen LogP contribution in [0.5, 0.6) is 5.75 Å². The van der Waals surface area contributed by atoms with Crippen LogP contribution >= 0.6 is 23.2 Å². The first-order chi connectivity index (χ1) is 13.0. The molecule has 2 aromatic carbocycles. The van der Waals surface area contributed by atoms with Gasteiger partial charge >= 0.3 is 0 Å². The average molecular weight is 406 g/mol. The number of amides is 1. The van der Waals surface area contributed by atoms with Crippen molar-refractivity contribution >= 4 is 29.6 Å². The highest BCUT2D eigenvalue weighted by Crippen LogP contribution is 2.39. The number of aromatic nitrogens is 4. The Morgan fingerprint density at radius 1 is 1.26 bits per heavy atom. The van der Waals surface area contributed by atoms with Crippen LogP contribution in [0, 0.1) is 6.92 Å². The van der Waals surface area contributed by atoms with Crippen LogP contribution < -0.4 is 4.74 Å². The summed E-state index contributed by atoms with van der Waals surface area (Å²) in [7, 11) is 3.13. The Hall–Kier alpha value is -2.64. The molecule has 3 rings (SSSR count). The van der Waals surface area contributed by atoms with Crippen molar-refractivity contribution in [3.05, 3.63) is 63.4 Å². The van der Waals surface area contributed by atoms with Crippen molar-refractivity contribution in [3.8, 4) is 11.4 Å². The predicted molar refractivity (Wildman–Crippen MR) is 103 cm³/mol. The summed E-state index contributed by atoms with van der Waals surface area (Å²) in [5.41, 5.74) is 2.36. The zero-order valence-electron chi connectivity index (χ0n) is 14.9. The highest BCUT2D eigenvalue weighted by molar-refractivity contribution is 6.35. The van der Waals surface area contributed by atoms with Crippen molar-refractivity contribution in [3.63, 3.8) is 0 Å². The molecule has 7 nitrogen and oxygen atoms in total. The summed E-state index contributed by atoms with van der Waals surface area (Å²) in [5, 5.41) is 12.9. The molecular formula is C18H17Cl2N5O2. The normalized spacial score (nSPS) is 11.9. The molecule has 27 heavy (non-hydrogen) atoms. The third kappa shape index (κ3) is 3.61. The molecule has 1 amide bonds. The molecule has 0 aliphatic rings. The molecule has 0 saturated carbocycles. The van der Waals surface area contributed by atoms with E-state index in [9.17, 15) is 4.79 Å². The first-order valence-corrected chi connectivity index (χ1v) is 8.78. The number of aryl methyl sites for hydroxylation is 1. The number of ether oxygens (including phenoxy) is 1. The lowest BCUT2D eigenvalue weighted by molar-refractivity contribution is -0.118. The molecule has 0 bridgehead atoms. The van der Waals surface area contributed by atoms with Gasteiger partial charge in [0.2, 0.25) is 6.41 Å². The first-order valence-electron chi connectivity index (χ1n) is 8.02. The molecule has 1 atom stereocenters. The third-order valence-electron chi connectivity index (χ3n) is 4.19. The number of methoxy groups -OCH3 is 1. The molecule has 0 saturated heterocycles. The lowest BCUT2D eigenvalue weighted by Crippen LogP contribution is -2.27. The number of hydrogen-bond acceptors (Lipinski definition) is 5. The van der Waals surface area contributed by atoms with Gasteiger partial charge in [0.1, 0.15) is 11.8 Å². The lowest BCUT2D eigenvalue weighted by Gasteiger charge is -2.26. The van der Waals surface area contributed by atoms with Crippen molar-refractivity contribution in [2.75, 3.05) is 14.2 Å². The number of carbonyl (C=O) groups is 1. The van der Waals surface area contributed by atoms with E-state index >= 15 is 0 Å². The monoisotopic (exact) mass is 405 g/mol. The van der Waals surface area contributed by atoms with Crippen molar-refractivity contribution in [2.45, 2.75) is 13.0 Å². The maximum Gasteiger partial charge on any atom is 0.210 e. The Kier molecular flexibility index (Phi) is 5.62. The summed E-state index contributed by atoms with van der Waals surface area (Å²) in [5.74, 6) is 0.828. The van der Waals surface area contributed by atoms with Gasteiger partial charge in [-0.05, 0) is 41.1 Å². The van der Waals surface area contributed by atoms with Gasteiger partial charge in [-0.2, -0.15) is 4.68 Å². The standard InChI is InChI=1S/C18H17Cl2N5O2/c1-11-6-4-5-7-15(11)25-18(21-22-23-25)16(24(2)10-26)13-8-12(19)9-14(20)17(13)27-3/h4-10,16H,1-3H3/t16-/m1/s1. The summed E-state index contributed by atoms with van der Waals surface area (Å²) in [4.78, 5) is 13.1. The van der Waals surface area contributed by atoms with Crippen LogP contribution in [-0.4, -0.2) is 45.7 Å². The van der Waals surface area contributed by atoms with Gasteiger partial charge in [-0.25, -0.2) is 0 Å². The molecule has 1 heterocycles. The molecule has 0 aliphatic carbocycles. The van der Waals surface area contributed by atoms with E-state index in [0.29, 0.717) is 33.6 Å². The molecule has 140 valence electrons. The second-order valence-electron chi connectivity index (χ2n) is 5.92. The molecule has 0 fully saturated rings. The van der Waals surface area contributed by atoms with Crippen molar-refractivity contribution < 1.29 is 9.53 Å². The third-order valence-corrected chi connectivity index (χ3v) is 4.69. The van der Waals surface area contributed by atoms with Crippen LogP contribution in [0.25, 0.3) is 5.69 Å². The molecule has 0 radical (unpaired) electrons. The van der Waals surface area contributed by atoms with E-state index in [4.69, 9.17) is 27.9 Å². The summed E-state index contributed by atoms with van der Waals surface area (Å²) in [6.45, 7) is 1.95. The van der Waals surface area contributed by atoms with Gasteiger partial charge in [-0.3, -0.25) is 4.79 Å². The van der Waals surface area contributed by atoms with Crippen LogP contribution in [-0.2, 0) is 4.79 Å². The number of para-hydroxylation sites is 1. The molecule has 9 heteroatoms. The summed E-state index contributed by atoms with van der Waals surface area (Å²) in [6, 6.07) is 10.3. The molecular weight excluding hydrogens is 389 g/mol. The largest absolute Gasteiger partial charge is 0.495 e. The number of halogens is 2. The molecule has 0 aliphatic heterocycles. The Morgan fingerprint density at radius 2 is 2.00 bits per heavy atom. The van der Waals surface area contributed by atoms with Gasteiger partial charge in [-0.1, -0.05) is 41.4 Å². The fraction of sp³-hybridized carbons (Fsp3) is 0.222. The minimum atomic E-state index is -0.664. The summed E-state index contributed by atoms with van der Waals surface area (Å²) in [6.07, 6.45) is 0.690. The van der Waals surface area contributed by atoms with Gasteiger partial charge in [0.15, 0.2) is 5.82 Å². The quantitative estimate of drug-likeness (QED) is 0.587. The van der Waals surface area contributed by atoms with Gasteiger partial charge in [0.05, 0.1) is 17.8 Å². The molecule has 0 unspecified atom stereocenters. The maximum absolute atomic E-state index is 11.6. The molecule has 0 spiro atoms. The molecule has 0 N–H and O–H groups in total. The summed E-state index contributed by atoms with van der Waals surface area (Å²) >= 11 is 12.5. The van der Waals surface area contributed by atoms with Crippen LogP contribution in [0.15, 0.2) is 36.4 Å². The minimum absolute atomic E-state index is 0.333. The number of tetrazole rings is 1. The number of carbonyl (C=O) groups excluding carboxylic acids is 1. The Morgan fingerprint density at radius 3 is 2.67 bits per heavy atom. The zero-order valence-corrected chi connectivity index (χ0v) is 16.4. The SMILES string of the molecule is COc1c(Cl)cc(Cl)cc1[C@H](c1nnnn1-c1ccccc1C)N(C)C=O. The second-order valence-corrected chi connectivity index (χ2v) is 6.76. The van der Waals surface area contributed by atoms with Crippen molar-refractivity contribution in [1.29, 1.82) is 0 Å². The Bertz CT molecular complexity index is 976. The number of benzene rings is 2. The van der Waals surface area contributed by atoms with Crippen molar-refractivity contribution in [2.24, 2.45) is 0 Å². The van der Waals surface area contributed by atoms with E-state index < -0.39 is 6.04 Å². The van der Waals surface area contributed by atoms with Crippen LogP contribution in [0.2, 0.25) is 10.0 Å². The smallest absolute Gasteiger partial charge is 0.210 e. The van der Waals surface area contributed by atoms with E-state index in [1.54, 1.807) is 23.9 Å². The van der Waals surface area contributed by atoms with Gasteiger partial charge < -0.3 is 9.64 Å². The number of rotatable bonds is 6.